The largest absolute Gasteiger partial charge is 0.325 e. The molecule has 5 nitrogen and oxygen atoms in total. The minimum absolute atomic E-state index is 0.0105. The van der Waals surface area contributed by atoms with Crippen LogP contribution in [0.25, 0.3) is 0 Å². The zero-order valence-electron chi connectivity index (χ0n) is 14.3. The van der Waals surface area contributed by atoms with Gasteiger partial charge in [-0.3, -0.25) is 9.69 Å². The highest BCUT2D eigenvalue weighted by Gasteiger charge is 2.30. The number of nitrogens with one attached hydrogen (secondary N) is 1. The first-order chi connectivity index (χ1) is 11.9. The summed E-state index contributed by atoms with van der Waals surface area (Å²) >= 11 is 0. The average molecular weight is 341 g/mol. The van der Waals surface area contributed by atoms with E-state index in [4.69, 9.17) is 0 Å². The van der Waals surface area contributed by atoms with E-state index in [9.17, 15) is 14.0 Å². The second-order valence-electron chi connectivity index (χ2n) is 6.18. The van der Waals surface area contributed by atoms with Crippen molar-refractivity contribution in [2.45, 2.75) is 13.8 Å². The Labute approximate surface area is 146 Å². The van der Waals surface area contributed by atoms with Gasteiger partial charge in [-0.15, -0.1) is 0 Å². The van der Waals surface area contributed by atoms with Crippen LogP contribution in [0, 0.1) is 19.7 Å². The first-order valence-electron chi connectivity index (χ1n) is 8.13. The Kier molecular flexibility index (Phi) is 4.70. The fourth-order valence-corrected chi connectivity index (χ4v) is 2.78. The quantitative estimate of drug-likeness (QED) is 0.927. The highest BCUT2D eigenvalue weighted by atomic mass is 19.1. The van der Waals surface area contributed by atoms with Gasteiger partial charge in [-0.25, -0.2) is 9.18 Å². The van der Waals surface area contributed by atoms with Crippen molar-refractivity contribution in [2.75, 3.05) is 29.9 Å². The molecule has 1 N–H and O–H groups in total. The molecule has 130 valence electrons. The summed E-state index contributed by atoms with van der Waals surface area (Å²) in [5, 5.41) is 2.82. The third-order valence-electron chi connectivity index (χ3n) is 4.36. The molecule has 0 aliphatic carbocycles. The molecule has 2 aromatic carbocycles. The lowest BCUT2D eigenvalue weighted by atomic mass is 10.1. The smallest absolute Gasteiger partial charge is 0.325 e. The second kappa shape index (κ2) is 6.93. The van der Waals surface area contributed by atoms with Crippen molar-refractivity contribution in [1.82, 2.24) is 4.90 Å². The minimum atomic E-state index is -0.347. The zero-order valence-corrected chi connectivity index (χ0v) is 14.3. The molecule has 0 spiro atoms. The van der Waals surface area contributed by atoms with Crippen molar-refractivity contribution in [1.29, 1.82) is 0 Å². The predicted octanol–water partition coefficient (Wildman–Crippen LogP) is 3.32. The molecule has 1 saturated heterocycles. The number of rotatable bonds is 4. The maximum atomic E-state index is 13.0. The lowest BCUT2D eigenvalue weighted by Crippen LogP contribution is -2.37. The molecule has 3 amide bonds. The first-order valence-corrected chi connectivity index (χ1v) is 8.13. The van der Waals surface area contributed by atoms with Crippen LogP contribution in [0.15, 0.2) is 42.5 Å². The molecule has 0 aromatic heterocycles. The highest BCUT2D eigenvalue weighted by molar-refractivity contribution is 5.99. The van der Waals surface area contributed by atoms with Crippen LogP contribution in [-0.2, 0) is 4.79 Å². The minimum Gasteiger partial charge on any atom is -0.325 e. The summed E-state index contributed by atoms with van der Waals surface area (Å²) in [5.74, 6) is -0.586. The van der Waals surface area contributed by atoms with Crippen molar-refractivity contribution < 1.29 is 14.0 Å². The molecule has 3 rings (SSSR count). The topological polar surface area (TPSA) is 52.7 Å². The van der Waals surface area contributed by atoms with Crippen LogP contribution < -0.4 is 10.2 Å². The van der Waals surface area contributed by atoms with Crippen molar-refractivity contribution in [2.24, 2.45) is 0 Å². The van der Waals surface area contributed by atoms with Gasteiger partial charge in [0.05, 0.1) is 0 Å². The van der Waals surface area contributed by atoms with Crippen LogP contribution in [0.1, 0.15) is 11.1 Å². The zero-order chi connectivity index (χ0) is 18.0. The van der Waals surface area contributed by atoms with E-state index < -0.39 is 0 Å². The van der Waals surface area contributed by atoms with Crippen LogP contribution in [-0.4, -0.2) is 36.5 Å². The number of halogens is 1. The number of carbonyl (C=O) groups excluding carboxylic acids is 2. The normalized spacial score (nSPS) is 14.1. The molecule has 6 heteroatoms. The molecule has 1 fully saturated rings. The standard InChI is InChI=1S/C19H20FN3O2/c1-13-3-6-16(11-14(13)2)21-18(24)12-22-9-10-23(19(22)25)17-7-4-15(20)5-8-17/h3-8,11H,9-10,12H2,1-2H3,(H,21,24). The van der Waals surface area contributed by atoms with Gasteiger partial charge in [-0.1, -0.05) is 6.07 Å². The number of amides is 3. The number of hydrogen-bond acceptors (Lipinski definition) is 2. The van der Waals surface area contributed by atoms with Crippen LogP contribution in [0.3, 0.4) is 0 Å². The van der Waals surface area contributed by atoms with Gasteiger partial charge in [0.25, 0.3) is 0 Å². The number of urea groups is 1. The third kappa shape index (κ3) is 3.79. The molecular formula is C19H20FN3O2. The summed E-state index contributed by atoms with van der Waals surface area (Å²) in [6, 6.07) is 11.2. The Morgan fingerprint density at radius 1 is 1.08 bits per heavy atom. The van der Waals surface area contributed by atoms with Gasteiger partial charge < -0.3 is 10.2 Å². The molecule has 0 radical (unpaired) electrons. The molecule has 0 bridgehead atoms. The van der Waals surface area contributed by atoms with Crippen molar-refractivity contribution >= 4 is 23.3 Å². The van der Waals surface area contributed by atoms with Gasteiger partial charge in [0.1, 0.15) is 12.4 Å². The Morgan fingerprint density at radius 3 is 2.48 bits per heavy atom. The molecule has 0 saturated carbocycles. The third-order valence-corrected chi connectivity index (χ3v) is 4.36. The van der Waals surface area contributed by atoms with E-state index in [0.29, 0.717) is 18.8 Å². The summed E-state index contributed by atoms with van der Waals surface area (Å²) in [4.78, 5) is 27.7. The van der Waals surface area contributed by atoms with Crippen LogP contribution in [0.5, 0.6) is 0 Å². The monoisotopic (exact) mass is 341 g/mol. The maximum Gasteiger partial charge on any atom is 0.325 e. The summed E-state index contributed by atoms with van der Waals surface area (Å²) < 4.78 is 13.0. The molecule has 0 unspecified atom stereocenters. The van der Waals surface area contributed by atoms with Gasteiger partial charge in [-0.05, 0) is 61.4 Å². The molecule has 1 aliphatic heterocycles. The van der Waals surface area contributed by atoms with Gasteiger partial charge in [0.2, 0.25) is 5.91 Å². The number of benzene rings is 2. The second-order valence-corrected chi connectivity index (χ2v) is 6.18. The summed E-state index contributed by atoms with van der Waals surface area (Å²) in [5.41, 5.74) is 3.60. The number of anilines is 2. The number of aryl methyl sites for hydroxylation is 2. The average Bonchev–Trinajstić information content (AvgIpc) is 2.93. The van der Waals surface area contributed by atoms with E-state index in [-0.39, 0.29) is 24.3 Å². The molecule has 1 aliphatic rings. The number of carbonyl (C=O) groups is 2. The van der Waals surface area contributed by atoms with Crippen LogP contribution >= 0.6 is 0 Å². The van der Waals surface area contributed by atoms with E-state index in [1.165, 1.54) is 17.0 Å². The summed E-state index contributed by atoms with van der Waals surface area (Å²) in [7, 11) is 0. The van der Waals surface area contributed by atoms with Crippen molar-refractivity contribution in [3.8, 4) is 0 Å². The van der Waals surface area contributed by atoms with E-state index in [1.54, 1.807) is 17.0 Å². The van der Waals surface area contributed by atoms with Crippen LogP contribution in [0.2, 0.25) is 0 Å². The number of hydrogen-bond donors (Lipinski definition) is 1. The predicted molar refractivity (Wildman–Crippen MR) is 95.3 cm³/mol. The summed E-state index contributed by atoms with van der Waals surface area (Å²) in [6.07, 6.45) is 0. The van der Waals surface area contributed by atoms with Gasteiger partial charge in [0.15, 0.2) is 0 Å². The van der Waals surface area contributed by atoms with Crippen LogP contribution in [0.4, 0.5) is 20.6 Å². The van der Waals surface area contributed by atoms with E-state index >= 15 is 0 Å². The molecule has 1 heterocycles. The fraction of sp³-hybridized carbons (Fsp3) is 0.263. The molecule has 2 aromatic rings. The van der Waals surface area contributed by atoms with E-state index in [1.807, 2.05) is 32.0 Å². The Bertz CT molecular complexity index is 805. The Balaban J connectivity index is 1.61. The molecule has 25 heavy (non-hydrogen) atoms. The molecular weight excluding hydrogens is 321 g/mol. The number of nitrogens with zero attached hydrogens (tertiary/aromatic N) is 2. The van der Waals surface area contributed by atoms with Gasteiger partial charge in [0, 0.05) is 24.5 Å². The highest BCUT2D eigenvalue weighted by Crippen LogP contribution is 2.21. The lowest BCUT2D eigenvalue weighted by molar-refractivity contribution is -0.116. The SMILES string of the molecule is Cc1ccc(NC(=O)CN2CCN(c3ccc(F)cc3)C2=O)cc1C. The van der Waals surface area contributed by atoms with E-state index in [2.05, 4.69) is 5.32 Å². The van der Waals surface area contributed by atoms with Gasteiger partial charge in [-0.2, -0.15) is 0 Å². The van der Waals surface area contributed by atoms with Crippen molar-refractivity contribution in [3.05, 3.63) is 59.4 Å². The van der Waals surface area contributed by atoms with E-state index in [0.717, 1.165) is 16.8 Å². The Morgan fingerprint density at radius 2 is 1.80 bits per heavy atom. The molecule has 0 atom stereocenters. The first kappa shape index (κ1) is 17.0. The van der Waals surface area contributed by atoms with Crippen molar-refractivity contribution in [3.63, 3.8) is 0 Å². The fourth-order valence-electron chi connectivity index (χ4n) is 2.78. The lowest BCUT2D eigenvalue weighted by Gasteiger charge is -2.18. The Hall–Kier alpha value is -2.89. The maximum absolute atomic E-state index is 13.0. The summed E-state index contributed by atoms with van der Waals surface area (Å²) in [6.45, 7) is 4.91. The van der Waals surface area contributed by atoms with Gasteiger partial charge >= 0.3 is 6.03 Å².